The van der Waals surface area contributed by atoms with Gasteiger partial charge in [0, 0.05) is 17.1 Å². The van der Waals surface area contributed by atoms with Gasteiger partial charge in [-0.25, -0.2) is 0 Å². The van der Waals surface area contributed by atoms with E-state index in [0.29, 0.717) is 0 Å². The van der Waals surface area contributed by atoms with E-state index >= 15 is 0 Å². The first-order chi connectivity index (χ1) is 0. The van der Waals surface area contributed by atoms with Gasteiger partial charge in [-0.15, -0.1) is 0 Å². The molecule has 5 heavy (non-hydrogen) atoms. The van der Waals surface area contributed by atoms with Crippen molar-refractivity contribution in [2.45, 2.75) is 0 Å². The summed E-state index contributed by atoms with van der Waals surface area (Å²) in [6, 6.07) is 0. The molecule has 0 saturated carbocycles. The normalized spacial score (nSPS) is 0. The Kier molecular flexibility index (Phi) is 187. The van der Waals surface area contributed by atoms with E-state index in [1.165, 1.54) is 0 Å². The standard InChI is InChI=1S/Ba.Cu.H2S.H2Se.Sn.4H/h;;2*1H2;;;;;. The van der Waals surface area contributed by atoms with Crippen LogP contribution in [0.2, 0.25) is 0 Å². The second kappa shape index (κ2) is 25.1. The van der Waals surface area contributed by atoms with Crippen LogP contribution in [0.4, 0.5) is 0 Å². The van der Waals surface area contributed by atoms with Crippen LogP contribution in [0.5, 0.6) is 0 Å². The van der Waals surface area contributed by atoms with Gasteiger partial charge >= 0.3 is 89.9 Å². The minimum absolute atomic E-state index is 0. The summed E-state index contributed by atoms with van der Waals surface area (Å²) in [6.45, 7) is 0. The van der Waals surface area contributed by atoms with Crippen molar-refractivity contribution in [2.75, 3.05) is 0 Å². The van der Waals surface area contributed by atoms with Gasteiger partial charge < -0.3 is 0 Å². The third-order valence-electron chi connectivity index (χ3n) is 0. The minimum atomic E-state index is 0. The van der Waals surface area contributed by atoms with Crippen LogP contribution in [0.1, 0.15) is 0 Å². The monoisotopic (exact) mass is 441 g/mol. The van der Waals surface area contributed by atoms with Crippen molar-refractivity contribution in [3.63, 3.8) is 0 Å². The fraction of sp³-hybridized carbons (Fsp3) is 0. The average molecular weight is 439 g/mol. The average Bonchev–Trinajstić information content (AvgIpc) is 0. The molecule has 0 rings (SSSR count). The van der Waals surface area contributed by atoms with Crippen LogP contribution in [0.15, 0.2) is 0 Å². The molecule has 0 aromatic heterocycles. The molecule has 0 fully saturated rings. The Labute approximate surface area is 117 Å². The van der Waals surface area contributed by atoms with Gasteiger partial charge in [0.25, 0.3) is 0 Å². The van der Waals surface area contributed by atoms with Crippen LogP contribution in [-0.4, -0.2) is 89.9 Å². The first-order valence-electron chi connectivity index (χ1n) is 0. The van der Waals surface area contributed by atoms with E-state index < -0.39 is 0 Å². The molecule has 0 heterocycles. The van der Waals surface area contributed by atoms with Gasteiger partial charge in [0.05, 0.1) is 0 Å². The molecule has 0 amide bonds. The van der Waals surface area contributed by atoms with Gasteiger partial charge in [0.15, 0.2) is 0 Å². The zero-order valence-electron chi connectivity index (χ0n) is 2.01. The zero-order chi connectivity index (χ0) is 0. The van der Waals surface area contributed by atoms with E-state index in [1.807, 2.05) is 0 Å². The first-order valence-corrected chi connectivity index (χ1v) is 0. The van der Waals surface area contributed by atoms with Crippen molar-refractivity contribution in [2.24, 2.45) is 0 Å². The molecule has 0 bridgehead atoms. The Morgan fingerprint density at radius 2 is 1.00 bits per heavy atom. The Bertz CT molecular complexity index is 11.6. The van der Waals surface area contributed by atoms with Gasteiger partial charge in [-0.3, -0.25) is 0 Å². The maximum absolute atomic E-state index is 0. The van der Waals surface area contributed by atoms with Crippen molar-refractivity contribution in [3.8, 4) is 0 Å². The van der Waals surface area contributed by atoms with Crippen molar-refractivity contribution < 1.29 is 17.1 Å². The van der Waals surface area contributed by atoms with E-state index in [4.69, 9.17) is 0 Å². The molecule has 0 unspecified atom stereocenters. The summed E-state index contributed by atoms with van der Waals surface area (Å²) < 4.78 is 0. The summed E-state index contributed by atoms with van der Waals surface area (Å²) in [5, 5.41) is 0. The van der Waals surface area contributed by atoms with Crippen LogP contribution in [-0.2, 0) is 17.1 Å². The first kappa shape index (κ1) is 37.3. The van der Waals surface area contributed by atoms with E-state index in [2.05, 4.69) is 0 Å². The molecule has 37 valence electrons. The van der Waals surface area contributed by atoms with E-state index in [9.17, 15) is 0 Å². The Hall–Kier alpha value is 3.76. The molecule has 0 aromatic carbocycles. The van der Waals surface area contributed by atoms with Crippen LogP contribution >= 0.6 is 13.5 Å². The number of hydrogen-bond acceptors (Lipinski definition) is 0. The fourth-order valence-electron chi connectivity index (χ4n) is 0. The molecule has 0 spiro atoms. The third kappa shape index (κ3) is 18.2. The van der Waals surface area contributed by atoms with Gasteiger partial charge in [0.2, 0.25) is 0 Å². The molecular formula is H8BaCuSSeSn. The van der Waals surface area contributed by atoms with Gasteiger partial charge in [-0.1, -0.05) is 0 Å². The predicted octanol–water partition coefficient (Wildman–Crippen LogP) is -2.64. The molecule has 0 N–H and O–H groups in total. The molecule has 0 aliphatic rings. The predicted molar refractivity (Wildman–Crippen MR) is 36.0 cm³/mol. The summed E-state index contributed by atoms with van der Waals surface area (Å²) >= 11 is 0. The zero-order valence-corrected chi connectivity index (χ0v) is 10.1. The molecule has 0 saturated heterocycles. The van der Waals surface area contributed by atoms with Crippen LogP contribution in [0.3, 0.4) is 0 Å². The van der Waals surface area contributed by atoms with Crippen molar-refractivity contribution in [1.82, 2.24) is 0 Å². The SMILES string of the molecule is S.[BaH2].[Cu].[SeH2].[SnH2]. The molecule has 0 aliphatic carbocycles. The quantitative estimate of drug-likeness (QED) is 0.363. The second-order valence-electron chi connectivity index (χ2n) is 0. The van der Waals surface area contributed by atoms with E-state index in [0.717, 1.165) is 0 Å². The maximum atomic E-state index is 0. The van der Waals surface area contributed by atoms with Crippen LogP contribution < -0.4 is 0 Å². The molecular weight excluding hydrogens is 431 g/mol. The molecule has 0 nitrogen and oxygen atoms in total. The molecule has 0 atom stereocenters. The van der Waals surface area contributed by atoms with E-state index in [-0.39, 0.29) is 120 Å². The number of hydrogen-bond donors (Lipinski definition) is 0. The third-order valence-corrected chi connectivity index (χ3v) is 0. The van der Waals surface area contributed by atoms with Crippen molar-refractivity contribution >= 4 is 103 Å². The Balaban J connectivity index is 0. The summed E-state index contributed by atoms with van der Waals surface area (Å²) in [7, 11) is 0. The molecule has 0 aromatic rings. The van der Waals surface area contributed by atoms with Crippen molar-refractivity contribution in [1.29, 1.82) is 0 Å². The van der Waals surface area contributed by atoms with Gasteiger partial charge in [-0.05, 0) is 0 Å². The molecule has 3 radical (unpaired) electrons. The summed E-state index contributed by atoms with van der Waals surface area (Å²) in [5.41, 5.74) is 0. The summed E-state index contributed by atoms with van der Waals surface area (Å²) in [5.74, 6) is 0. The molecule has 0 aliphatic heterocycles. The topological polar surface area (TPSA) is 0 Å². The van der Waals surface area contributed by atoms with Gasteiger partial charge in [-0.2, -0.15) is 13.5 Å². The van der Waals surface area contributed by atoms with Crippen molar-refractivity contribution in [3.05, 3.63) is 0 Å². The van der Waals surface area contributed by atoms with Crippen LogP contribution in [0, 0.1) is 0 Å². The summed E-state index contributed by atoms with van der Waals surface area (Å²) in [6.07, 6.45) is 0. The Morgan fingerprint density at radius 1 is 1.00 bits per heavy atom. The van der Waals surface area contributed by atoms with Gasteiger partial charge in [0.1, 0.15) is 0 Å². The second-order valence-corrected chi connectivity index (χ2v) is 0. The fourth-order valence-corrected chi connectivity index (χ4v) is 0. The molecule has 5 heteroatoms. The summed E-state index contributed by atoms with van der Waals surface area (Å²) in [4.78, 5) is 0. The Morgan fingerprint density at radius 3 is 1.00 bits per heavy atom. The van der Waals surface area contributed by atoms with E-state index in [1.54, 1.807) is 0 Å². The number of rotatable bonds is 0. The van der Waals surface area contributed by atoms with Crippen LogP contribution in [0.25, 0.3) is 0 Å².